The number of amides is 1. The highest BCUT2D eigenvalue weighted by molar-refractivity contribution is 7.94. The first kappa shape index (κ1) is 16.0. The summed E-state index contributed by atoms with van der Waals surface area (Å²) in [5.74, 6) is -2.08. The average Bonchev–Trinajstić information content (AvgIpc) is 2.51. The van der Waals surface area contributed by atoms with Crippen LogP contribution >= 0.6 is 11.6 Å². The van der Waals surface area contributed by atoms with Crippen LogP contribution in [0, 0.1) is 0 Å². The molecule has 0 unspecified atom stereocenters. The predicted molar refractivity (Wildman–Crippen MR) is 69.8 cm³/mol. The Labute approximate surface area is 126 Å². The second kappa shape index (κ2) is 5.13. The van der Waals surface area contributed by atoms with Gasteiger partial charge in [0.1, 0.15) is 16.7 Å². The number of carbonyl (C=O) groups is 3. The molecular weight excluding hydrogens is 326 g/mol. The van der Waals surface area contributed by atoms with E-state index in [9.17, 15) is 22.8 Å². The highest BCUT2D eigenvalue weighted by Gasteiger charge is 2.70. The normalized spacial score (nSPS) is 33.1. The van der Waals surface area contributed by atoms with E-state index in [0.29, 0.717) is 0 Å². The van der Waals surface area contributed by atoms with Gasteiger partial charge in [0.2, 0.25) is 5.91 Å². The summed E-state index contributed by atoms with van der Waals surface area (Å²) < 4.78 is 32.7. The van der Waals surface area contributed by atoms with Gasteiger partial charge in [-0.3, -0.25) is 9.59 Å². The molecule has 2 saturated heterocycles. The molecule has 3 atom stereocenters. The van der Waals surface area contributed by atoms with Crippen LogP contribution in [0.25, 0.3) is 0 Å². The van der Waals surface area contributed by atoms with Crippen LogP contribution in [0.15, 0.2) is 0 Å². The van der Waals surface area contributed by atoms with Gasteiger partial charge in [-0.2, -0.15) is 0 Å². The number of esters is 2. The summed E-state index contributed by atoms with van der Waals surface area (Å²) >= 11 is 5.32. The van der Waals surface area contributed by atoms with E-state index in [4.69, 9.17) is 16.3 Å². The minimum Gasteiger partial charge on any atom is -0.464 e. The molecule has 2 heterocycles. The van der Waals surface area contributed by atoms with Crippen LogP contribution in [0.5, 0.6) is 0 Å². The molecule has 0 N–H and O–H groups in total. The lowest BCUT2D eigenvalue weighted by Gasteiger charge is -2.36. The summed E-state index contributed by atoms with van der Waals surface area (Å²) in [5.41, 5.74) is 0. The predicted octanol–water partition coefficient (Wildman–Crippen LogP) is -0.597. The smallest absolute Gasteiger partial charge is 0.331 e. The van der Waals surface area contributed by atoms with Gasteiger partial charge < -0.3 is 14.4 Å². The van der Waals surface area contributed by atoms with Crippen LogP contribution in [0.1, 0.15) is 20.3 Å². The number of β-lactam (4-membered cyclic amide) rings is 1. The van der Waals surface area contributed by atoms with Crippen molar-refractivity contribution < 1.29 is 32.3 Å². The number of hydrogen-bond donors (Lipinski definition) is 0. The van der Waals surface area contributed by atoms with E-state index in [1.165, 1.54) is 6.92 Å². The molecule has 118 valence electrons. The maximum Gasteiger partial charge on any atom is 0.331 e. The topological polar surface area (TPSA) is 107 Å². The van der Waals surface area contributed by atoms with Crippen molar-refractivity contribution in [3.8, 4) is 0 Å². The van der Waals surface area contributed by atoms with E-state index in [0.717, 1.165) is 11.8 Å². The molecule has 2 fully saturated rings. The first-order valence-corrected chi connectivity index (χ1v) is 8.15. The number of hydrogen-bond acceptors (Lipinski definition) is 7. The lowest BCUT2D eigenvalue weighted by molar-refractivity contribution is -0.161. The van der Waals surface area contributed by atoms with Crippen LogP contribution in [0.3, 0.4) is 0 Å². The molecule has 0 aliphatic carbocycles. The molecule has 10 heteroatoms. The summed E-state index contributed by atoms with van der Waals surface area (Å²) in [5, 5.41) is -1.08. The van der Waals surface area contributed by atoms with Gasteiger partial charge in [0.15, 0.2) is 21.9 Å². The molecular formula is C11H14ClNO7S. The first-order valence-electron chi connectivity index (χ1n) is 6.07. The van der Waals surface area contributed by atoms with Crippen molar-refractivity contribution in [1.82, 2.24) is 4.90 Å². The second-order valence-electron chi connectivity index (χ2n) is 5.07. The highest BCUT2D eigenvalue weighted by atomic mass is 35.5. The van der Waals surface area contributed by atoms with E-state index < -0.39 is 56.5 Å². The first-order chi connectivity index (χ1) is 9.66. The minimum atomic E-state index is -3.88. The average molecular weight is 340 g/mol. The number of fused-ring (bicyclic) bond motifs is 1. The van der Waals surface area contributed by atoms with E-state index in [1.807, 2.05) is 0 Å². The Morgan fingerprint density at radius 3 is 2.52 bits per heavy atom. The monoisotopic (exact) mass is 339 g/mol. The largest absolute Gasteiger partial charge is 0.464 e. The van der Waals surface area contributed by atoms with Gasteiger partial charge in [0, 0.05) is 6.92 Å². The Hall–Kier alpha value is -1.35. The molecule has 0 spiro atoms. The van der Waals surface area contributed by atoms with Gasteiger partial charge in [0.05, 0.1) is 6.42 Å². The van der Waals surface area contributed by atoms with Crippen LogP contribution in [0.4, 0.5) is 0 Å². The van der Waals surface area contributed by atoms with Crippen LogP contribution in [-0.4, -0.2) is 60.0 Å². The maximum absolute atomic E-state index is 12.5. The number of carbonyl (C=O) groups excluding carboxylic acids is 3. The fourth-order valence-corrected chi connectivity index (χ4v) is 5.01. The van der Waals surface area contributed by atoms with Gasteiger partial charge in [0.25, 0.3) is 0 Å². The van der Waals surface area contributed by atoms with Crippen molar-refractivity contribution in [3.63, 3.8) is 0 Å². The minimum absolute atomic E-state index is 0.192. The summed E-state index contributed by atoms with van der Waals surface area (Å²) in [4.78, 5) is 35.6. The molecule has 2 aliphatic rings. The molecule has 0 aromatic carbocycles. The molecule has 0 bridgehead atoms. The fourth-order valence-electron chi connectivity index (χ4n) is 2.63. The fraction of sp³-hybridized carbons (Fsp3) is 0.727. The molecule has 2 aliphatic heterocycles. The van der Waals surface area contributed by atoms with Crippen LogP contribution < -0.4 is 0 Å². The molecule has 0 radical (unpaired) electrons. The quantitative estimate of drug-likeness (QED) is 0.382. The number of sulfone groups is 1. The van der Waals surface area contributed by atoms with E-state index in [2.05, 4.69) is 4.74 Å². The van der Waals surface area contributed by atoms with Crippen LogP contribution in [0.2, 0.25) is 0 Å². The van der Waals surface area contributed by atoms with Gasteiger partial charge >= 0.3 is 11.9 Å². The van der Waals surface area contributed by atoms with Gasteiger partial charge in [-0.05, 0) is 6.92 Å². The van der Waals surface area contributed by atoms with Crippen LogP contribution in [-0.2, 0) is 33.7 Å². The zero-order chi connectivity index (χ0) is 16.0. The zero-order valence-corrected chi connectivity index (χ0v) is 12.9. The summed E-state index contributed by atoms with van der Waals surface area (Å²) in [6.45, 7) is 1.85. The SMILES string of the molecule is CC(=O)OC[C@@]1(C)[C@H](C(=O)OCCl)N2C(=O)C[C@H]2S1(=O)=O. The van der Waals surface area contributed by atoms with Crippen molar-refractivity contribution in [2.75, 3.05) is 12.7 Å². The Morgan fingerprint density at radius 2 is 2.05 bits per heavy atom. The van der Waals surface area contributed by atoms with Gasteiger partial charge in [-0.1, -0.05) is 11.6 Å². The third-order valence-electron chi connectivity index (χ3n) is 3.79. The third-order valence-corrected chi connectivity index (χ3v) is 6.65. The molecule has 2 rings (SSSR count). The number of ether oxygens (including phenoxy) is 2. The Bertz CT molecular complexity index is 604. The Morgan fingerprint density at radius 1 is 1.43 bits per heavy atom. The molecule has 0 aromatic heterocycles. The molecule has 8 nitrogen and oxygen atoms in total. The van der Waals surface area contributed by atoms with Crippen molar-refractivity contribution in [3.05, 3.63) is 0 Å². The molecule has 1 amide bonds. The lowest BCUT2D eigenvalue weighted by Crippen LogP contribution is -2.58. The van der Waals surface area contributed by atoms with E-state index in [1.54, 1.807) is 0 Å². The van der Waals surface area contributed by atoms with Crippen molar-refractivity contribution >= 4 is 39.3 Å². The summed E-state index contributed by atoms with van der Waals surface area (Å²) in [7, 11) is -3.88. The number of alkyl halides is 1. The standard InChI is InChI=1S/C11H14ClNO7S/c1-6(14)19-4-11(2)9(10(16)20-5-12)13-7(15)3-8(13)21(11,17)18/h8-9H,3-5H2,1-2H3/t8-,9+,11+/m1/s1. The van der Waals surface area contributed by atoms with Gasteiger partial charge in [-0.15, -0.1) is 0 Å². The molecule has 0 saturated carbocycles. The second-order valence-corrected chi connectivity index (χ2v) is 7.86. The third kappa shape index (κ3) is 2.18. The molecule has 0 aromatic rings. The van der Waals surface area contributed by atoms with Crippen molar-refractivity contribution in [2.24, 2.45) is 0 Å². The molecule has 21 heavy (non-hydrogen) atoms. The number of nitrogens with zero attached hydrogens (tertiary/aromatic N) is 1. The van der Waals surface area contributed by atoms with E-state index >= 15 is 0 Å². The number of halogens is 1. The summed E-state index contributed by atoms with van der Waals surface area (Å²) in [6.07, 6.45) is -0.192. The van der Waals surface area contributed by atoms with Crippen molar-refractivity contribution in [1.29, 1.82) is 0 Å². The van der Waals surface area contributed by atoms with E-state index in [-0.39, 0.29) is 6.42 Å². The Kier molecular flexibility index (Phi) is 3.92. The van der Waals surface area contributed by atoms with Gasteiger partial charge in [-0.25, -0.2) is 13.2 Å². The number of rotatable bonds is 4. The lowest BCUT2D eigenvalue weighted by atomic mass is 9.97. The Balaban J connectivity index is 2.43. The maximum atomic E-state index is 12.5. The summed E-state index contributed by atoms with van der Waals surface area (Å²) in [6, 6.07) is -1.84. The van der Waals surface area contributed by atoms with Crippen molar-refractivity contribution in [2.45, 2.75) is 36.4 Å². The highest BCUT2D eigenvalue weighted by Crippen LogP contribution is 2.46. The zero-order valence-electron chi connectivity index (χ0n) is 11.4.